The molecule has 0 saturated heterocycles. The Labute approximate surface area is 161 Å². The molecule has 5 nitrogen and oxygen atoms in total. The third-order valence-electron chi connectivity index (χ3n) is 3.80. The average molecular weight is 415 g/mol. The normalized spacial score (nSPS) is 10.8. The first-order valence-electron chi connectivity index (χ1n) is 7.81. The summed E-state index contributed by atoms with van der Waals surface area (Å²) in [6.45, 7) is 3.89. The first-order chi connectivity index (χ1) is 12.4. The predicted molar refractivity (Wildman–Crippen MR) is 105 cm³/mol. The van der Waals surface area contributed by atoms with Crippen LogP contribution in [-0.2, 0) is 4.79 Å². The van der Waals surface area contributed by atoms with Crippen molar-refractivity contribution in [3.63, 3.8) is 0 Å². The smallest absolute Gasteiger partial charge is 0.266 e. The van der Waals surface area contributed by atoms with Crippen molar-refractivity contribution in [2.45, 2.75) is 13.8 Å². The number of rotatable bonds is 5. The molecule has 2 aromatic carbocycles. The SMILES string of the molecule is COc1cc(Br)c(/C=C(\C#N)C(=O)Nc2ccc(C)cc2C)cc1OC. The lowest BCUT2D eigenvalue weighted by atomic mass is 10.1. The molecule has 0 aromatic heterocycles. The van der Waals surface area contributed by atoms with Gasteiger partial charge in [0.25, 0.3) is 5.91 Å². The summed E-state index contributed by atoms with van der Waals surface area (Å²) < 4.78 is 11.2. The minimum atomic E-state index is -0.471. The van der Waals surface area contributed by atoms with Crippen molar-refractivity contribution in [3.05, 3.63) is 57.1 Å². The number of hydrogen-bond donors (Lipinski definition) is 1. The molecule has 0 fully saturated rings. The van der Waals surface area contributed by atoms with Crippen LogP contribution in [0.15, 0.2) is 40.4 Å². The summed E-state index contributed by atoms with van der Waals surface area (Å²) in [5, 5.41) is 12.2. The van der Waals surface area contributed by atoms with Gasteiger partial charge in [0.1, 0.15) is 11.6 Å². The minimum Gasteiger partial charge on any atom is -0.493 e. The van der Waals surface area contributed by atoms with Crippen molar-refractivity contribution in [3.8, 4) is 17.6 Å². The van der Waals surface area contributed by atoms with E-state index >= 15 is 0 Å². The maximum Gasteiger partial charge on any atom is 0.266 e. The fraction of sp³-hybridized carbons (Fsp3) is 0.200. The van der Waals surface area contributed by atoms with E-state index in [1.165, 1.54) is 20.3 Å². The molecule has 0 spiro atoms. The highest BCUT2D eigenvalue weighted by molar-refractivity contribution is 9.10. The van der Waals surface area contributed by atoms with E-state index in [4.69, 9.17) is 9.47 Å². The van der Waals surface area contributed by atoms with Crippen LogP contribution in [0.5, 0.6) is 11.5 Å². The number of carbonyl (C=O) groups excluding carboxylic acids is 1. The molecular formula is C20H19BrN2O3. The van der Waals surface area contributed by atoms with Gasteiger partial charge in [-0.3, -0.25) is 4.79 Å². The number of nitrogens with zero attached hydrogens (tertiary/aromatic N) is 1. The second-order valence-electron chi connectivity index (χ2n) is 5.67. The third-order valence-corrected chi connectivity index (χ3v) is 4.48. The van der Waals surface area contributed by atoms with Gasteiger partial charge in [-0.15, -0.1) is 0 Å². The van der Waals surface area contributed by atoms with Crippen LogP contribution < -0.4 is 14.8 Å². The Morgan fingerprint density at radius 3 is 2.38 bits per heavy atom. The zero-order valence-corrected chi connectivity index (χ0v) is 16.6. The molecule has 0 heterocycles. The number of hydrogen-bond acceptors (Lipinski definition) is 4. The van der Waals surface area contributed by atoms with Gasteiger partial charge in [-0.05, 0) is 49.2 Å². The molecule has 0 unspecified atom stereocenters. The summed E-state index contributed by atoms with van der Waals surface area (Å²) in [6.07, 6.45) is 1.50. The Morgan fingerprint density at radius 1 is 1.15 bits per heavy atom. The van der Waals surface area contributed by atoms with E-state index in [0.717, 1.165) is 11.1 Å². The second-order valence-corrected chi connectivity index (χ2v) is 6.53. The summed E-state index contributed by atoms with van der Waals surface area (Å²) in [7, 11) is 3.06. The van der Waals surface area contributed by atoms with Crippen LogP contribution in [0.25, 0.3) is 6.08 Å². The number of benzene rings is 2. The largest absolute Gasteiger partial charge is 0.493 e. The van der Waals surface area contributed by atoms with Gasteiger partial charge in [0.15, 0.2) is 11.5 Å². The molecule has 2 rings (SSSR count). The molecule has 1 amide bonds. The number of aryl methyl sites for hydroxylation is 2. The highest BCUT2D eigenvalue weighted by Gasteiger charge is 2.14. The molecule has 6 heteroatoms. The number of anilines is 1. The van der Waals surface area contributed by atoms with Crippen LogP contribution in [0, 0.1) is 25.2 Å². The Kier molecular flexibility index (Phi) is 6.42. The molecule has 26 heavy (non-hydrogen) atoms. The molecule has 0 aliphatic heterocycles. The lowest BCUT2D eigenvalue weighted by Crippen LogP contribution is -2.14. The monoisotopic (exact) mass is 414 g/mol. The maximum atomic E-state index is 12.5. The van der Waals surface area contributed by atoms with Crippen LogP contribution >= 0.6 is 15.9 Å². The molecule has 0 radical (unpaired) electrons. The fourth-order valence-electron chi connectivity index (χ4n) is 2.43. The summed E-state index contributed by atoms with van der Waals surface area (Å²) in [6, 6.07) is 11.1. The van der Waals surface area contributed by atoms with Gasteiger partial charge in [-0.25, -0.2) is 0 Å². The fourth-order valence-corrected chi connectivity index (χ4v) is 2.86. The molecular weight excluding hydrogens is 396 g/mol. The predicted octanol–water partition coefficient (Wildman–Crippen LogP) is 4.63. The van der Waals surface area contributed by atoms with Gasteiger partial charge in [-0.2, -0.15) is 5.26 Å². The Balaban J connectivity index is 2.35. The highest BCUT2D eigenvalue weighted by atomic mass is 79.9. The van der Waals surface area contributed by atoms with Crippen LogP contribution in [0.2, 0.25) is 0 Å². The van der Waals surface area contributed by atoms with Gasteiger partial charge in [0, 0.05) is 10.2 Å². The Morgan fingerprint density at radius 2 is 1.81 bits per heavy atom. The van der Waals surface area contributed by atoms with E-state index in [0.29, 0.717) is 27.2 Å². The molecule has 0 saturated carbocycles. The lowest BCUT2D eigenvalue weighted by Gasteiger charge is -2.11. The average Bonchev–Trinajstić information content (AvgIpc) is 2.62. The van der Waals surface area contributed by atoms with E-state index in [9.17, 15) is 10.1 Å². The van der Waals surface area contributed by atoms with Gasteiger partial charge < -0.3 is 14.8 Å². The molecule has 134 valence electrons. The van der Waals surface area contributed by atoms with Crippen LogP contribution in [-0.4, -0.2) is 20.1 Å². The summed E-state index contributed by atoms with van der Waals surface area (Å²) in [5.41, 5.74) is 3.33. The van der Waals surface area contributed by atoms with Gasteiger partial charge in [0.2, 0.25) is 0 Å². The van der Waals surface area contributed by atoms with Gasteiger partial charge >= 0.3 is 0 Å². The third kappa shape index (κ3) is 4.44. The highest BCUT2D eigenvalue weighted by Crippen LogP contribution is 2.34. The Bertz CT molecular complexity index is 914. The molecule has 0 aliphatic carbocycles. The number of methoxy groups -OCH3 is 2. The quantitative estimate of drug-likeness (QED) is 0.571. The molecule has 2 aromatic rings. The summed E-state index contributed by atoms with van der Waals surface area (Å²) in [4.78, 5) is 12.5. The molecule has 0 bridgehead atoms. The van der Waals surface area contributed by atoms with Crippen LogP contribution in [0.4, 0.5) is 5.69 Å². The molecule has 0 atom stereocenters. The number of ether oxygens (including phenoxy) is 2. The van der Waals surface area contributed by atoms with Crippen LogP contribution in [0.3, 0.4) is 0 Å². The Hall–Kier alpha value is -2.78. The van der Waals surface area contributed by atoms with Gasteiger partial charge in [0.05, 0.1) is 14.2 Å². The van der Waals surface area contributed by atoms with Crippen molar-refractivity contribution in [2.75, 3.05) is 19.5 Å². The maximum absolute atomic E-state index is 12.5. The van der Waals surface area contributed by atoms with Crippen molar-refractivity contribution in [1.29, 1.82) is 5.26 Å². The number of carbonyl (C=O) groups is 1. The topological polar surface area (TPSA) is 71.3 Å². The molecule has 0 aliphatic rings. The first-order valence-corrected chi connectivity index (χ1v) is 8.60. The standard InChI is InChI=1S/C20H19BrN2O3/c1-12-5-6-17(13(2)7-12)23-20(24)15(11-22)8-14-9-18(25-3)19(26-4)10-16(14)21/h5-10H,1-4H3,(H,23,24)/b15-8+. The number of nitriles is 1. The number of amides is 1. The van der Waals surface area contributed by atoms with E-state index in [1.54, 1.807) is 12.1 Å². The second kappa shape index (κ2) is 8.54. The number of nitrogens with one attached hydrogen (secondary N) is 1. The zero-order chi connectivity index (χ0) is 19.3. The van der Waals surface area contributed by atoms with Crippen molar-refractivity contribution >= 4 is 33.6 Å². The minimum absolute atomic E-state index is 0.0158. The summed E-state index contributed by atoms with van der Waals surface area (Å²) >= 11 is 3.42. The number of halogens is 1. The van der Waals surface area contributed by atoms with E-state index in [2.05, 4.69) is 21.2 Å². The van der Waals surface area contributed by atoms with Crippen molar-refractivity contribution in [1.82, 2.24) is 0 Å². The lowest BCUT2D eigenvalue weighted by molar-refractivity contribution is -0.112. The first kappa shape index (κ1) is 19.5. The van der Waals surface area contributed by atoms with E-state index < -0.39 is 5.91 Å². The summed E-state index contributed by atoms with van der Waals surface area (Å²) in [5.74, 6) is 0.588. The van der Waals surface area contributed by atoms with Crippen LogP contribution in [0.1, 0.15) is 16.7 Å². The van der Waals surface area contributed by atoms with Gasteiger partial charge in [-0.1, -0.05) is 33.6 Å². The van der Waals surface area contributed by atoms with Crippen molar-refractivity contribution in [2.24, 2.45) is 0 Å². The van der Waals surface area contributed by atoms with E-state index in [-0.39, 0.29) is 5.57 Å². The van der Waals surface area contributed by atoms with Crippen molar-refractivity contribution < 1.29 is 14.3 Å². The van der Waals surface area contributed by atoms with E-state index in [1.807, 2.05) is 38.1 Å². The molecule has 1 N–H and O–H groups in total. The zero-order valence-electron chi connectivity index (χ0n) is 15.0.